The number of hydrogen-bond acceptors (Lipinski definition) is 3. The molecule has 1 saturated heterocycles. The number of rotatable bonds is 8. The Morgan fingerprint density at radius 1 is 1.00 bits per heavy atom. The van der Waals surface area contributed by atoms with E-state index in [4.69, 9.17) is 4.74 Å². The Morgan fingerprint density at radius 2 is 1.69 bits per heavy atom. The minimum Gasteiger partial charge on any atom is -0.381 e. The highest BCUT2D eigenvalue weighted by molar-refractivity contribution is 5.94. The molecule has 0 radical (unpaired) electrons. The van der Waals surface area contributed by atoms with Gasteiger partial charge in [0.15, 0.2) is 0 Å². The third kappa shape index (κ3) is 5.24. The molecular weight excluding hydrogens is 364 g/mol. The monoisotopic (exact) mass is 392 g/mol. The summed E-state index contributed by atoms with van der Waals surface area (Å²) in [5, 5.41) is 3.08. The predicted octanol–water partition coefficient (Wildman–Crippen LogP) is 3.58. The summed E-state index contributed by atoms with van der Waals surface area (Å²) in [5.41, 5.74) is 1.55. The number of carbonyl (C=O) groups is 2. The Morgan fingerprint density at radius 3 is 2.31 bits per heavy atom. The number of ether oxygens (including phenoxy) is 1. The summed E-state index contributed by atoms with van der Waals surface area (Å²) in [6.07, 6.45) is 3.44. The van der Waals surface area contributed by atoms with Crippen LogP contribution in [-0.4, -0.2) is 42.5 Å². The van der Waals surface area contributed by atoms with Crippen molar-refractivity contribution in [2.24, 2.45) is 5.92 Å². The van der Waals surface area contributed by atoms with Crippen LogP contribution in [0, 0.1) is 5.92 Å². The lowest BCUT2D eigenvalue weighted by atomic mass is 10.0. The van der Waals surface area contributed by atoms with Gasteiger partial charge in [-0.3, -0.25) is 9.59 Å². The summed E-state index contributed by atoms with van der Waals surface area (Å²) in [4.78, 5) is 28.0. The van der Waals surface area contributed by atoms with Gasteiger partial charge in [0.25, 0.3) is 5.91 Å². The molecule has 1 N–H and O–H groups in total. The van der Waals surface area contributed by atoms with Gasteiger partial charge < -0.3 is 15.0 Å². The summed E-state index contributed by atoms with van der Waals surface area (Å²) < 4.78 is 5.49. The molecule has 152 valence electrons. The van der Waals surface area contributed by atoms with Crippen molar-refractivity contribution in [2.75, 3.05) is 19.8 Å². The molecule has 0 spiro atoms. The van der Waals surface area contributed by atoms with Gasteiger partial charge >= 0.3 is 0 Å². The predicted molar refractivity (Wildman–Crippen MR) is 111 cm³/mol. The number of nitrogens with one attached hydrogen (secondary N) is 1. The standard InChI is InChI=1S/C24H28N2O3/c27-23(26(21-11-12-21)16-18-13-14-29-17-18)15-22(19-7-3-1-4-8-19)25-24(28)20-9-5-2-6-10-20/h1-10,18,21-22H,11-17H2,(H,25,28)/t18-,22+/m0/s1. The number of nitrogens with zero attached hydrogens (tertiary/aromatic N) is 1. The topological polar surface area (TPSA) is 58.6 Å². The second-order valence-corrected chi connectivity index (χ2v) is 8.01. The second kappa shape index (κ2) is 9.23. The normalized spacial score (nSPS) is 19.5. The molecule has 2 amide bonds. The third-order valence-corrected chi connectivity index (χ3v) is 5.71. The first-order valence-corrected chi connectivity index (χ1v) is 10.5. The van der Waals surface area contributed by atoms with E-state index in [2.05, 4.69) is 5.32 Å². The van der Waals surface area contributed by atoms with Gasteiger partial charge in [-0.2, -0.15) is 0 Å². The van der Waals surface area contributed by atoms with Crippen LogP contribution in [-0.2, 0) is 9.53 Å². The molecule has 2 atom stereocenters. The maximum Gasteiger partial charge on any atom is 0.251 e. The van der Waals surface area contributed by atoms with E-state index < -0.39 is 0 Å². The highest BCUT2D eigenvalue weighted by Gasteiger charge is 2.35. The zero-order chi connectivity index (χ0) is 20.1. The van der Waals surface area contributed by atoms with E-state index in [-0.39, 0.29) is 24.3 Å². The van der Waals surface area contributed by atoms with E-state index in [0.717, 1.165) is 44.6 Å². The Kier molecular flexibility index (Phi) is 6.25. The minimum atomic E-state index is -0.350. The molecule has 5 nitrogen and oxygen atoms in total. The van der Waals surface area contributed by atoms with Crippen molar-refractivity contribution in [3.8, 4) is 0 Å². The molecule has 1 aliphatic carbocycles. The molecule has 0 bridgehead atoms. The molecule has 2 aromatic carbocycles. The van der Waals surface area contributed by atoms with Crippen molar-refractivity contribution in [1.29, 1.82) is 0 Å². The first kappa shape index (κ1) is 19.6. The van der Waals surface area contributed by atoms with E-state index in [1.54, 1.807) is 12.1 Å². The Balaban J connectivity index is 1.48. The number of hydrogen-bond donors (Lipinski definition) is 1. The molecule has 1 aliphatic heterocycles. The Bertz CT molecular complexity index is 815. The van der Waals surface area contributed by atoms with E-state index in [1.165, 1.54) is 0 Å². The van der Waals surface area contributed by atoms with Crippen LogP contribution < -0.4 is 5.32 Å². The van der Waals surface area contributed by atoms with Crippen molar-refractivity contribution < 1.29 is 14.3 Å². The Hall–Kier alpha value is -2.66. The molecule has 1 heterocycles. The fraction of sp³-hybridized carbons (Fsp3) is 0.417. The molecule has 0 unspecified atom stereocenters. The van der Waals surface area contributed by atoms with Gasteiger partial charge in [0, 0.05) is 30.7 Å². The van der Waals surface area contributed by atoms with Crippen molar-refractivity contribution in [2.45, 2.75) is 37.8 Å². The highest BCUT2D eigenvalue weighted by Crippen LogP contribution is 2.31. The fourth-order valence-electron chi connectivity index (χ4n) is 3.91. The molecule has 29 heavy (non-hydrogen) atoms. The molecule has 1 saturated carbocycles. The summed E-state index contributed by atoms with van der Waals surface area (Å²) >= 11 is 0. The van der Waals surface area contributed by atoms with Crippen LogP contribution in [0.25, 0.3) is 0 Å². The van der Waals surface area contributed by atoms with Crippen LogP contribution in [0.5, 0.6) is 0 Å². The van der Waals surface area contributed by atoms with E-state index in [0.29, 0.717) is 17.5 Å². The van der Waals surface area contributed by atoms with Gasteiger partial charge in [-0.15, -0.1) is 0 Å². The zero-order valence-corrected chi connectivity index (χ0v) is 16.6. The van der Waals surface area contributed by atoms with Crippen LogP contribution in [0.3, 0.4) is 0 Å². The first-order chi connectivity index (χ1) is 14.2. The maximum absolute atomic E-state index is 13.2. The van der Waals surface area contributed by atoms with Crippen LogP contribution in [0.15, 0.2) is 60.7 Å². The molecular formula is C24H28N2O3. The molecule has 0 aromatic heterocycles. The van der Waals surface area contributed by atoms with Crippen LogP contribution in [0.4, 0.5) is 0 Å². The van der Waals surface area contributed by atoms with Gasteiger partial charge in [-0.1, -0.05) is 48.5 Å². The average molecular weight is 392 g/mol. The summed E-state index contributed by atoms with van der Waals surface area (Å²) in [7, 11) is 0. The number of carbonyl (C=O) groups excluding carboxylic acids is 2. The smallest absolute Gasteiger partial charge is 0.251 e. The number of amides is 2. The summed E-state index contributed by atoms with van der Waals surface area (Å²) in [6, 6.07) is 18.9. The molecule has 2 fully saturated rings. The van der Waals surface area contributed by atoms with Gasteiger partial charge in [0.2, 0.25) is 5.91 Å². The van der Waals surface area contributed by atoms with Gasteiger partial charge in [-0.05, 0) is 37.0 Å². The SMILES string of the molecule is O=C(N[C@H](CC(=O)N(C[C@@H]1CCOC1)C1CC1)c1ccccc1)c1ccccc1. The lowest BCUT2D eigenvalue weighted by Gasteiger charge is -2.28. The lowest BCUT2D eigenvalue weighted by Crippen LogP contribution is -2.40. The van der Waals surface area contributed by atoms with Crippen LogP contribution in [0.2, 0.25) is 0 Å². The quantitative estimate of drug-likeness (QED) is 0.747. The molecule has 2 aromatic rings. The minimum absolute atomic E-state index is 0.113. The van der Waals surface area contributed by atoms with E-state index in [1.807, 2.05) is 53.4 Å². The highest BCUT2D eigenvalue weighted by atomic mass is 16.5. The van der Waals surface area contributed by atoms with Crippen molar-refractivity contribution in [3.63, 3.8) is 0 Å². The summed E-state index contributed by atoms with van der Waals surface area (Å²) in [5.74, 6) is 0.379. The Labute approximate surface area is 172 Å². The maximum atomic E-state index is 13.2. The van der Waals surface area contributed by atoms with Gasteiger partial charge in [0.05, 0.1) is 19.1 Å². The van der Waals surface area contributed by atoms with Gasteiger partial charge in [0.1, 0.15) is 0 Å². The molecule has 5 heteroatoms. The first-order valence-electron chi connectivity index (χ1n) is 10.5. The van der Waals surface area contributed by atoms with Gasteiger partial charge in [-0.25, -0.2) is 0 Å². The van der Waals surface area contributed by atoms with Crippen LogP contribution >= 0.6 is 0 Å². The second-order valence-electron chi connectivity index (χ2n) is 8.01. The van der Waals surface area contributed by atoms with Crippen molar-refractivity contribution >= 4 is 11.8 Å². The largest absolute Gasteiger partial charge is 0.381 e. The lowest BCUT2D eigenvalue weighted by molar-refractivity contribution is -0.133. The average Bonchev–Trinajstić information content (AvgIpc) is 3.47. The van der Waals surface area contributed by atoms with Crippen molar-refractivity contribution in [1.82, 2.24) is 10.2 Å². The zero-order valence-electron chi connectivity index (χ0n) is 16.6. The molecule has 4 rings (SSSR count). The number of benzene rings is 2. The fourth-order valence-corrected chi connectivity index (χ4v) is 3.91. The van der Waals surface area contributed by atoms with Crippen LogP contribution in [0.1, 0.15) is 47.6 Å². The van der Waals surface area contributed by atoms with E-state index >= 15 is 0 Å². The molecule has 2 aliphatic rings. The third-order valence-electron chi connectivity index (χ3n) is 5.71. The van der Waals surface area contributed by atoms with E-state index in [9.17, 15) is 9.59 Å². The summed E-state index contributed by atoms with van der Waals surface area (Å²) in [6.45, 7) is 2.29. The van der Waals surface area contributed by atoms with Crippen molar-refractivity contribution in [3.05, 3.63) is 71.8 Å².